The van der Waals surface area contributed by atoms with Crippen LogP contribution in [0.15, 0.2) is 29.1 Å². The maximum Gasteiger partial charge on any atom is 0.261 e. The molecule has 3 rings (SSSR count). The molecule has 1 aliphatic heterocycles. The summed E-state index contributed by atoms with van der Waals surface area (Å²) in [6.07, 6.45) is -0.629. The fraction of sp³-hybridized carbons (Fsp3) is 0.467. The average molecular weight is 357 g/mol. The van der Waals surface area contributed by atoms with Gasteiger partial charge in [0.2, 0.25) is 10.0 Å². The van der Waals surface area contributed by atoms with Crippen LogP contribution in [0.2, 0.25) is 0 Å². The fourth-order valence-corrected chi connectivity index (χ4v) is 4.27. The Morgan fingerprint density at radius 2 is 2.04 bits per heavy atom. The molecular formula is C15H17F2N3O3S. The molecule has 0 aliphatic carbocycles. The maximum atomic E-state index is 13.0. The average Bonchev–Trinajstić information content (AvgIpc) is 2.99. The lowest BCUT2D eigenvalue weighted by Gasteiger charge is -2.24. The van der Waals surface area contributed by atoms with Crippen LogP contribution in [0.25, 0.3) is 10.9 Å². The first-order valence-corrected chi connectivity index (χ1v) is 9.38. The number of sulfonamides is 1. The van der Waals surface area contributed by atoms with E-state index in [0.717, 1.165) is 10.8 Å². The molecule has 1 saturated heterocycles. The molecule has 24 heavy (non-hydrogen) atoms. The van der Waals surface area contributed by atoms with Crippen LogP contribution in [-0.2, 0) is 16.6 Å². The van der Waals surface area contributed by atoms with Crippen LogP contribution in [0, 0.1) is 0 Å². The van der Waals surface area contributed by atoms with Gasteiger partial charge >= 0.3 is 0 Å². The molecule has 1 atom stereocenters. The summed E-state index contributed by atoms with van der Waals surface area (Å²) in [5, 5.41) is 0.241. The summed E-state index contributed by atoms with van der Waals surface area (Å²) in [6.45, 7) is -0.513. The zero-order valence-electron chi connectivity index (χ0n) is 13.0. The molecule has 0 N–H and O–H groups in total. The first-order valence-electron chi connectivity index (χ1n) is 7.53. The van der Waals surface area contributed by atoms with E-state index in [0.29, 0.717) is 24.9 Å². The minimum atomic E-state index is -3.52. The predicted octanol–water partition coefficient (Wildman–Crippen LogP) is 1.76. The van der Waals surface area contributed by atoms with Gasteiger partial charge in [0.15, 0.2) is 0 Å². The van der Waals surface area contributed by atoms with Gasteiger partial charge in [0, 0.05) is 6.54 Å². The van der Waals surface area contributed by atoms with Crippen molar-refractivity contribution in [2.24, 2.45) is 0 Å². The number of halogens is 2. The minimum absolute atomic E-state index is 0.0851. The third-order valence-electron chi connectivity index (χ3n) is 4.14. The molecule has 1 fully saturated rings. The lowest BCUT2D eigenvalue weighted by molar-refractivity contribution is 0.122. The highest BCUT2D eigenvalue weighted by atomic mass is 32.2. The maximum absolute atomic E-state index is 13.0. The van der Waals surface area contributed by atoms with Gasteiger partial charge in [0.1, 0.15) is 5.82 Å². The number of fused-ring (bicyclic) bond motifs is 1. The summed E-state index contributed by atoms with van der Waals surface area (Å²) in [5.41, 5.74) is -0.195. The van der Waals surface area contributed by atoms with Crippen molar-refractivity contribution in [2.75, 3.05) is 12.8 Å². The smallest absolute Gasteiger partial charge is 0.261 e. The minimum Gasteiger partial charge on any atom is -0.289 e. The van der Waals surface area contributed by atoms with Crippen molar-refractivity contribution in [3.63, 3.8) is 0 Å². The normalized spacial score (nSPS) is 19.4. The summed E-state index contributed by atoms with van der Waals surface area (Å²) < 4.78 is 52.0. The number of para-hydroxylation sites is 1. The second kappa shape index (κ2) is 6.21. The van der Waals surface area contributed by atoms with Crippen molar-refractivity contribution in [3.05, 3.63) is 40.4 Å². The van der Waals surface area contributed by atoms with Crippen molar-refractivity contribution < 1.29 is 17.2 Å². The van der Waals surface area contributed by atoms with Crippen molar-refractivity contribution in [2.45, 2.75) is 31.9 Å². The molecule has 1 aromatic carbocycles. The van der Waals surface area contributed by atoms with E-state index >= 15 is 0 Å². The van der Waals surface area contributed by atoms with E-state index in [1.54, 1.807) is 18.2 Å². The SMILES string of the molecule is CS(=O)(=O)N1CCCC1c1nc2ccccc2c(=O)n1CC(F)F. The van der Waals surface area contributed by atoms with Crippen molar-refractivity contribution in [1.29, 1.82) is 0 Å². The topological polar surface area (TPSA) is 72.3 Å². The van der Waals surface area contributed by atoms with E-state index in [9.17, 15) is 22.0 Å². The molecule has 6 nitrogen and oxygen atoms in total. The highest BCUT2D eigenvalue weighted by Gasteiger charge is 2.36. The van der Waals surface area contributed by atoms with Gasteiger partial charge in [-0.05, 0) is 25.0 Å². The molecule has 9 heteroatoms. The Morgan fingerprint density at radius 1 is 1.33 bits per heavy atom. The molecule has 0 bridgehead atoms. The van der Waals surface area contributed by atoms with Crippen LogP contribution in [0.4, 0.5) is 8.78 Å². The Balaban J connectivity index is 2.24. The first kappa shape index (κ1) is 17.0. The van der Waals surface area contributed by atoms with Gasteiger partial charge in [-0.3, -0.25) is 9.36 Å². The Kier molecular flexibility index (Phi) is 4.39. The summed E-state index contributed by atoms with van der Waals surface area (Å²) >= 11 is 0. The zero-order chi connectivity index (χ0) is 17.5. The van der Waals surface area contributed by atoms with Crippen molar-refractivity contribution in [1.82, 2.24) is 13.9 Å². The standard InChI is InChI=1S/C15H17F2N3O3S/c1-24(22,23)20-8-4-7-12(20)14-18-11-6-3-2-5-10(11)15(21)19(14)9-13(16)17/h2-3,5-6,12-13H,4,7-9H2,1H3. The molecule has 0 amide bonds. The second-order valence-electron chi connectivity index (χ2n) is 5.83. The Labute approximate surface area is 137 Å². The van der Waals surface area contributed by atoms with Gasteiger partial charge in [0.25, 0.3) is 12.0 Å². The van der Waals surface area contributed by atoms with Crippen LogP contribution in [-0.4, -0.2) is 41.5 Å². The van der Waals surface area contributed by atoms with Gasteiger partial charge < -0.3 is 0 Å². The van der Waals surface area contributed by atoms with E-state index in [4.69, 9.17) is 0 Å². The lowest BCUT2D eigenvalue weighted by Crippen LogP contribution is -2.36. The predicted molar refractivity (Wildman–Crippen MR) is 85.5 cm³/mol. The van der Waals surface area contributed by atoms with Crippen molar-refractivity contribution >= 4 is 20.9 Å². The van der Waals surface area contributed by atoms with Crippen LogP contribution < -0.4 is 5.56 Å². The molecule has 1 aliphatic rings. The summed E-state index contributed by atoms with van der Waals surface area (Å²) in [4.78, 5) is 17.0. The summed E-state index contributed by atoms with van der Waals surface area (Å²) in [7, 11) is -3.52. The van der Waals surface area contributed by atoms with Gasteiger partial charge in [0.05, 0.1) is 29.7 Å². The van der Waals surface area contributed by atoms with Crippen LogP contribution >= 0.6 is 0 Å². The molecule has 2 heterocycles. The number of rotatable bonds is 4. The number of alkyl halides is 2. The molecule has 0 spiro atoms. The highest BCUT2D eigenvalue weighted by molar-refractivity contribution is 7.88. The van der Waals surface area contributed by atoms with Crippen molar-refractivity contribution in [3.8, 4) is 0 Å². The summed E-state index contributed by atoms with van der Waals surface area (Å²) in [6, 6.07) is 5.78. The van der Waals surface area contributed by atoms with Gasteiger partial charge in [-0.15, -0.1) is 0 Å². The number of benzene rings is 1. The third kappa shape index (κ3) is 3.05. The third-order valence-corrected chi connectivity index (χ3v) is 5.43. The second-order valence-corrected chi connectivity index (χ2v) is 7.76. The molecule has 130 valence electrons. The van der Waals surface area contributed by atoms with Gasteiger partial charge in [-0.25, -0.2) is 22.2 Å². The molecule has 0 saturated carbocycles. The summed E-state index contributed by atoms with van der Waals surface area (Å²) in [5.74, 6) is 0.0851. The van der Waals surface area contributed by atoms with Gasteiger partial charge in [-0.1, -0.05) is 12.1 Å². The van der Waals surface area contributed by atoms with Gasteiger partial charge in [-0.2, -0.15) is 4.31 Å². The van der Waals surface area contributed by atoms with Crippen LogP contribution in [0.3, 0.4) is 0 Å². The number of nitrogens with zero attached hydrogens (tertiary/aromatic N) is 3. The Morgan fingerprint density at radius 3 is 2.71 bits per heavy atom. The van der Waals surface area contributed by atoms with E-state index in [-0.39, 0.29) is 11.2 Å². The molecule has 2 aromatic rings. The number of hydrogen-bond acceptors (Lipinski definition) is 4. The van der Waals surface area contributed by atoms with Crippen LogP contribution in [0.1, 0.15) is 24.7 Å². The Bertz CT molecular complexity index is 927. The van der Waals surface area contributed by atoms with E-state index in [1.807, 2.05) is 0 Å². The zero-order valence-corrected chi connectivity index (χ0v) is 13.8. The number of hydrogen-bond donors (Lipinski definition) is 0. The number of aromatic nitrogens is 2. The highest BCUT2D eigenvalue weighted by Crippen LogP contribution is 2.33. The van der Waals surface area contributed by atoms with E-state index < -0.39 is 34.6 Å². The fourth-order valence-electron chi connectivity index (χ4n) is 3.15. The monoisotopic (exact) mass is 357 g/mol. The molecule has 0 radical (unpaired) electrons. The quantitative estimate of drug-likeness (QED) is 0.836. The van der Waals surface area contributed by atoms with E-state index in [1.165, 1.54) is 10.4 Å². The lowest BCUT2D eigenvalue weighted by atomic mass is 10.2. The van der Waals surface area contributed by atoms with E-state index in [2.05, 4.69) is 4.98 Å². The molecule has 1 unspecified atom stereocenters. The molecule has 1 aromatic heterocycles. The van der Waals surface area contributed by atoms with Crippen LogP contribution in [0.5, 0.6) is 0 Å². The Hall–Kier alpha value is -1.87. The first-order chi connectivity index (χ1) is 11.3. The molecular weight excluding hydrogens is 340 g/mol. The largest absolute Gasteiger partial charge is 0.289 e.